The summed E-state index contributed by atoms with van der Waals surface area (Å²) in [5.74, 6) is 0.179. The lowest BCUT2D eigenvalue weighted by atomic mass is 9.85. The first-order valence-electron chi connectivity index (χ1n) is 10.6. The highest BCUT2D eigenvalue weighted by molar-refractivity contribution is 6.44. The average Bonchev–Trinajstić information content (AvgIpc) is 2.96. The number of imide groups is 2. The van der Waals surface area contributed by atoms with Crippen molar-refractivity contribution in [1.29, 1.82) is 0 Å². The predicted molar refractivity (Wildman–Crippen MR) is 109 cm³/mol. The number of urea groups is 1. The van der Waals surface area contributed by atoms with Crippen LogP contribution in [0, 0.1) is 5.92 Å². The third-order valence-corrected chi connectivity index (χ3v) is 6.62. The molecule has 2 aliphatic heterocycles. The summed E-state index contributed by atoms with van der Waals surface area (Å²) in [6, 6.07) is 3.27. The molecule has 0 bridgehead atoms. The van der Waals surface area contributed by atoms with Crippen LogP contribution >= 0.6 is 0 Å². The number of ether oxygens (including phenoxy) is 2. The Kier molecular flexibility index (Phi) is 5.69. The Labute approximate surface area is 176 Å². The topological polar surface area (TPSA) is 79.4 Å². The number of benzene rings is 1. The van der Waals surface area contributed by atoms with E-state index >= 15 is 0 Å². The Balaban J connectivity index is 1.49. The first-order chi connectivity index (χ1) is 14.4. The highest BCUT2D eigenvalue weighted by Gasteiger charge is 2.49. The summed E-state index contributed by atoms with van der Waals surface area (Å²) >= 11 is 0. The van der Waals surface area contributed by atoms with Gasteiger partial charge in [-0.15, -0.1) is 0 Å². The smallest absolute Gasteiger partial charge is 0.335 e. The molecule has 162 valence electrons. The summed E-state index contributed by atoms with van der Waals surface area (Å²) in [7, 11) is 3.21. The Morgan fingerprint density at radius 2 is 1.63 bits per heavy atom. The van der Waals surface area contributed by atoms with Gasteiger partial charge in [0.15, 0.2) is 11.5 Å². The highest BCUT2D eigenvalue weighted by atomic mass is 16.5. The lowest BCUT2D eigenvalue weighted by Gasteiger charge is -2.35. The molecule has 0 unspecified atom stereocenters. The molecular formula is C22H29N3O5. The minimum atomic E-state index is -0.712. The summed E-state index contributed by atoms with van der Waals surface area (Å²) in [5.41, 5.74) is 2.23. The van der Waals surface area contributed by atoms with Gasteiger partial charge in [0.05, 0.1) is 20.9 Å². The molecule has 1 saturated carbocycles. The van der Waals surface area contributed by atoms with E-state index in [9.17, 15) is 14.4 Å². The van der Waals surface area contributed by atoms with Crippen LogP contribution in [0.4, 0.5) is 4.79 Å². The van der Waals surface area contributed by atoms with Gasteiger partial charge in [0.1, 0.15) is 0 Å². The van der Waals surface area contributed by atoms with Crippen molar-refractivity contribution in [1.82, 2.24) is 14.7 Å². The van der Waals surface area contributed by atoms with Crippen molar-refractivity contribution in [3.63, 3.8) is 0 Å². The van der Waals surface area contributed by atoms with Crippen LogP contribution in [0.25, 0.3) is 0 Å². The SMILES string of the molecule is COc1cc2c(cc1OC)CN(CN1C(=O)C(=O)N([C@H]3CCCC[C@H]3C)C1=O)CC2. The molecule has 1 saturated heterocycles. The van der Waals surface area contributed by atoms with Crippen molar-refractivity contribution in [3.8, 4) is 11.5 Å². The number of fused-ring (bicyclic) bond motifs is 1. The van der Waals surface area contributed by atoms with Crippen molar-refractivity contribution in [2.45, 2.75) is 51.6 Å². The van der Waals surface area contributed by atoms with E-state index in [1.807, 2.05) is 17.0 Å². The molecular weight excluding hydrogens is 386 g/mol. The van der Waals surface area contributed by atoms with E-state index in [1.54, 1.807) is 14.2 Å². The van der Waals surface area contributed by atoms with E-state index < -0.39 is 17.8 Å². The quantitative estimate of drug-likeness (QED) is 0.543. The van der Waals surface area contributed by atoms with Crippen molar-refractivity contribution in [2.75, 3.05) is 27.4 Å². The number of amides is 4. The zero-order valence-electron chi connectivity index (χ0n) is 17.8. The van der Waals surface area contributed by atoms with Gasteiger partial charge in [-0.25, -0.2) is 9.69 Å². The Morgan fingerprint density at radius 3 is 2.30 bits per heavy atom. The number of hydrogen-bond acceptors (Lipinski definition) is 6. The van der Waals surface area contributed by atoms with Gasteiger partial charge in [-0.1, -0.05) is 19.8 Å². The van der Waals surface area contributed by atoms with Gasteiger partial charge in [0, 0.05) is 19.1 Å². The van der Waals surface area contributed by atoms with Gasteiger partial charge in [-0.2, -0.15) is 0 Å². The molecule has 1 aromatic rings. The number of methoxy groups -OCH3 is 2. The summed E-state index contributed by atoms with van der Waals surface area (Å²) < 4.78 is 10.8. The molecule has 2 atom stereocenters. The lowest BCUT2D eigenvalue weighted by Crippen LogP contribution is -2.47. The van der Waals surface area contributed by atoms with Gasteiger partial charge in [-0.05, 0) is 48.4 Å². The van der Waals surface area contributed by atoms with E-state index in [1.165, 1.54) is 4.90 Å². The molecule has 0 radical (unpaired) electrons. The number of carbonyl (C=O) groups excluding carboxylic acids is 3. The molecule has 1 aromatic carbocycles. The fourth-order valence-corrected chi connectivity index (χ4v) is 4.88. The van der Waals surface area contributed by atoms with E-state index in [4.69, 9.17) is 9.47 Å². The van der Waals surface area contributed by atoms with Crippen LogP contribution in [0.1, 0.15) is 43.7 Å². The molecule has 4 rings (SSSR count). The molecule has 0 aromatic heterocycles. The van der Waals surface area contributed by atoms with Gasteiger partial charge >= 0.3 is 17.8 Å². The van der Waals surface area contributed by atoms with E-state index in [0.717, 1.165) is 48.1 Å². The molecule has 2 fully saturated rings. The summed E-state index contributed by atoms with van der Waals surface area (Å²) in [5, 5.41) is 0. The molecule has 3 aliphatic rings. The van der Waals surface area contributed by atoms with Crippen LogP contribution in [0.15, 0.2) is 12.1 Å². The van der Waals surface area contributed by atoms with Gasteiger partial charge < -0.3 is 9.47 Å². The summed E-state index contributed by atoms with van der Waals surface area (Å²) in [6.45, 7) is 3.43. The summed E-state index contributed by atoms with van der Waals surface area (Å²) in [4.78, 5) is 42.6. The second kappa shape index (κ2) is 8.26. The lowest BCUT2D eigenvalue weighted by molar-refractivity contribution is -0.145. The van der Waals surface area contributed by atoms with Crippen molar-refractivity contribution in [3.05, 3.63) is 23.3 Å². The normalized spacial score (nSPS) is 25.0. The maximum atomic E-state index is 13.0. The minimum absolute atomic E-state index is 0.120. The Bertz CT molecular complexity index is 871. The standard InChI is InChI=1S/C22H29N3O5/c1-14-6-4-5-7-17(14)25-21(27)20(26)24(22(25)28)13-23-9-8-15-10-18(29-2)19(30-3)11-16(15)12-23/h10-11,14,17H,4-9,12-13H2,1-3H3/t14-,17+/m1/s1. The first kappa shape index (κ1) is 20.7. The van der Waals surface area contributed by atoms with E-state index in [-0.39, 0.29) is 18.6 Å². The zero-order chi connectivity index (χ0) is 21.4. The Morgan fingerprint density at radius 1 is 0.967 bits per heavy atom. The number of rotatable bonds is 5. The number of carbonyl (C=O) groups is 3. The molecule has 2 heterocycles. The first-order valence-corrected chi connectivity index (χ1v) is 10.6. The van der Waals surface area contributed by atoms with E-state index in [2.05, 4.69) is 6.92 Å². The zero-order valence-corrected chi connectivity index (χ0v) is 17.8. The van der Waals surface area contributed by atoms with Gasteiger partial charge in [-0.3, -0.25) is 19.4 Å². The maximum Gasteiger partial charge on any atom is 0.335 e. The van der Waals surface area contributed by atoms with Crippen molar-refractivity contribution >= 4 is 17.8 Å². The third-order valence-electron chi connectivity index (χ3n) is 6.62. The molecule has 8 nitrogen and oxygen atoms in total. The number of nitrogens with zero attached hydrogens (tertiary/aromatic N) is 3. The van der Waals surface area contributed by atoms with Crippen LogP contribution in [-0.2, 0) is 22.6 Å². The van der Waals surface area contributed by atoms with Crippen LogP contribution in [0.3, 0.4) is 0 Å². The monoisotopic (exact) mass is 415 g/mol. The highest BCUT2D eigenvalue weighted by Crippen LogP contribution is 2.34. The van der Waals surface area contributed by atoms with Crippen LogP contribution in [0.2, 0.25) is 0 Å². The van der Waals surface area contributed by atoms with Crippen LogP contribution < -0.4 is 9.47 Å². The molecule has 1 aliphatic carbocycles. The third kappa shape index (κ3) is 3.53. The largest absolute Gasteiger partial charge is 0.493 e. The predicted octanol–water partition coefficient (Wildman–Crippen LogP) is 2.39. The molecule has 0 N–H and O–H groups in total. The van der Waals surface area contributed by atoms with Crippen molar-refractivity contribution < 1.29 is 23.9 Å². The maximum absolute atomic E-state index is 13.0. The summed E-state index contributed by atoms with van der Waals surface area (Å²) in [6.07, 6.45) is 4.60. The fraction of sp³-hybridized carbons (Fsp3) is 0.591. The van der Waals surface area contributed by atoms with Crippen LogP contribution in [-0.4, -0.2) is 66.0 Å². The molecule has 30 heavy (non-hydrogen) atoms. The molecule has 4 amide bonds. The van der Waals surface area contributed by atoms with E-state index in [0.29, 0.717) is 24.6 Å². The second-order valence-corrected chi connectivity index (χ2v) is 8.44. The Hall–Kier alpha value is -2.61. The molecule has 0 spiro atoms. The fourth-order valence-electron chi connectivity index (χ4n) is 4.88. The van der Waals surface area contributed by atoms with Gasteiger partial charge in [0.25, 0.3) is 0 Å². The minimum Gasteiger partial charge on any atom is -0.493 e. The van der Waals surface area contributed by atoms with Crippen LogP contribution in [0.5, 0.6) is 11.5 Å². The second-order valence-electron chi connectivity index (χ2n) is 8.44. The molecule has 8 heteroatoms. The van der Waals surface area contributed by atoms with Crippen molar-refractivity contribution in [2.24, 2.45) is 5.92 Å². The average molecular weight is 415 g/mol. The van der Waals surface area contributed by atoms with Gasteiger partial charge in [0.2, 0.25) is 0 Å². The number of hydrogen-bond donors (Lipinski definition) is 0.